The minimum atomic E-state index is -4.09. The summed E-state index contributed by atoms with van der Waals surface area (Å²) >= 11 is -1.59. The summed E-state index contributed by atoms with van der Waals surface area (Å²) in [5.41, 5.74) is 6.69. The third kappa shape index (κ3) is 24.8. The molecule has 1 unspecified atom stereocenters. The van der Waals surface area contributed by atoms with Crippen LogP contribution < -0.4 is 4.89 Å². The third-order valence-corrected chi connectivity index (χ3v) is 9.45. The molecule has 0 aromatic heterocycles. The van der Waals surface area contributed by atoms with Crippen molar-refractivity contribution >= 4 is 21.4 Å². The van der Waals surface area contributed by atoms with Crippen LogP contribution in [-0.4, -0.2) is 26.8 Å². The van der Waals surface area contributed by atoms with Crippen molar-refractivity contribution in [1.29, 1.82) is 0 Å². The molecule has 0 radical (unpaired) electrons. The Bertz CT molecular complexity index is 399. The molecule has 0 amide bonds. The van der Waals surface area contributed by atoms with Crippen molar-refractivity contribution in [3.63, 3.8) is 0 Å². The fourth-order valence-electron chi connectivity index (χ4n) is 3.29. The van der Waals surface area contributed by atoms with E-state index in [0.29, 0.717) is 0 Å². The first-order chi connectivity index (χ1) is 13.8. The van der Waals surface area contributed by atoms with Crippen LogP contribution in [0.1, 0.15) is 110 Å². The van der Waals surface area contributed by atoms with Crippen LogP contribution in [0.5, 0.6) is 0 Å². The SMILES string of the molecule is CCCCCCCCCCCCCCCCCCOP(=O)([O-])OCC[As+](C)(C)C. The van der Waals surface area contributed by atoms with E-state index in [1.165, 1.54) is 89.9 Å². The molecule has 0 bridgehead atoms. The van der Waals surface area contributed by atoms with Crippen LogP contribution in [0, 0.1) is 0 Å². The van der Waals surface area contributed by atoms with Crippen molar-refractivity contribution in [3.05, 3.63) is 0 Å². The second kappa shape index (κ2) is 19.4. The van der Waals surface area contributed by atoms with Gasteiger partial charge >= 0.3 is 114 Å². The molecule has 6 heteroatoms. The number of hydrogen-bond acceptors (Lipinski definition) is 4. The molecule has 0 saturated carbocycles. The molecule has 1 atom stereocenters. The van der Waals surface area contributed by atoms with Crippen molar-refractivity contribution in [2.75, 3.05) is 13.2 Å². The molecule has 0 spiro atoms. The van der Waals surface area contributed by atoms with E-state index in [2.05, 4.69) is 24.1 Å². The molecule has 0 aliphatic carbocycles. The van der Waals surface area contributed by atoms with Crippen LogP contribution in [-0.2, 0) is 13.6 Å². The molecule has 0 fully saturated rings. The van der Waals surface area contributed by atoms with E-state index in [0.717, 1.165) is 18.1 Å². The van der Waals surface area contributed by atoms with Gasteiger partial charge in [0.05, 0.1) is 0 Å². The summed E-state index contributed by atoms with van der Waals surface area (Å²) in [4.78, 5) is 11.7. The summed E-state index contributed by atoms with van der Waals surface area (Å²) in [5, 5.41) is 0.868. The quantitative estimate of drug-likeness (QED) is 0.0863. The van der Waals surface area contributed by atoms with Crippen LogP contribution in [0.2, 0.25) is 22.3 Å². The number of rotatable bonds is 22. The Labute approximate surface area is 185 Å². The van der Waals surface area contributed by atoms with Gasteiger partial charge in [0.2, 0.25) is 0 Å². The normalized spacial score (nSPS) is 14.2. The summed E-state index contributed by atoms with van der Waals surface area (Å²) < 4.78 is 21.6. The van der Waals surface area contributed by atoms with Crippen LogP contribution in [0.4, 0.5) is 0 Å². The Morgan fingerprint density at radius 2 is 0.966 bits per heavy atom. The summed E-state index contributed by atoms with van der Waals surface area (Å²) in [5.74, 6) is 0. The summed E-state index contributed by atoms with van der Waals surface area (Å²) in [6.45, 7) is 2.81. The maximum atomic E-state index is 11.7. The number of hydrogen-bond donors (Lipinski definition) is 0. The van der Waals surface area contributed by atoms with Gasteiger partial charge < -0.3 is 0 Å². The van der Waals surface area contributed by atoms with E-state index >= 15 is 0 Å². The maximum absolute atomic E-state index is 11.7. The summed E-state index contributed by atoms with van der Waals surface area (Å²) in [7, 11) is -4.09. The monoisotopic (exact) mass is 496 g/mol. The van der Waals surface area contributed by atoms with Gasteiger partial charge in [-0.1, -0.05) is 71.1 Å². The van der Waals surface area contributed by atoms with E-state index < -0.39 is 21.4 Å². The van der Waals surface area contributed by atoms with Crippen molar-refractivity contribution in [2.24, 2.45) is 0 Å². The third-order valence-electron chi connectivity index (χ3n) is 5.26. The average Bonchev–Trinajstić information content (AvgIpc) is 2.63. The second-order valence-corrected chi connectivity index (χ2v) is 21.4. The van der Waals surface area contributed by atoms with Crippen LogP contribution >= 0.6 is 7.82 Å². The molecular formula is C23H50AsO4P. The summed E-state index contributed by atoms with van der Waals surface area (Å²) in [6, 6.07) is 0. The zero-order valence-electron chi connectivity index (χ0n) is 20.0. The Morgan fingerprint density at radius 1 is 0.621 bits per heavy atom. The number of phosphoric acid groups is 1. The van der Waals surface area contributed by atoms with Crippen LogP contribution in [0.15, 0.2) is 0 Å². The van der Waals surface area contributed by atoms with Gasteiger partial charge in [0.1, 0.15) is 0 Å². The number of phosphoric ester groups is 1. The second-order valence-electron chi connectivity index (χ2n) is 9.43. The van der Waals surface area contributed by atoms with Gasteiger partial charge in [-0.15, -0.1) is 0 Å². The van der Waals surface area contributed by atoms with Gasteiger partial charge in [-0.3, -0.25) is 0 Å². The molecule has 0 rings (SSSR count). The number of unbranched alkanes of at least 4 members (excludes halogenated alkanes) is 15. The van der Waals surface area contributed by atoms with Crippen LogP contribution in [0.25, 0.3) is 0 Å². The predicted molar refractivity (Wildman–Crippen MR) is 127 cm³/mol. The van der Waals surface area contributed by atoms with Gasteiger partial charge in [0.25, 0.3) is 0 Å². The van der Waals surface area contributed by atoms with E-state index in [-0.39, 0.29) is 13.2 Å². The first kappa shape index (κ1) is 29.7. The van der Waals surface area contributed by atoms with E-state index in [4.69, 9.17) is 9.05 Å². The fourth-order valence-corrected chi connectivity index (χ4v) is 5.69. The zero-order valence-corrected chi connectivity index (χ0v) is 22.7. The molecule has 0 aliphatic heterocycles. The van der Waals surface area contributed by atoms with Gasteiger partial charge in [-0.2, -0.15) is 0 Å². The van der Waals surface area contributed by atoms with Crippen molar-refractivity contribution < 1.29 is 18.5 Å². The molecule has 0 heterocycles. The van der Waals surface area contributed by atoms with Crippen molar-refractivity contribution in [2.45, 2.75) is 132 Å². The Hall–Kier alpha value is 0.668. The van der Waals surface area contributed by atoms with E-state index in [1.54, 1.807) is 0 Å². The zero-order chi connectivity index (χ0) is 21.8. The van der Waals surface area contributed by atoms with E-state index in [1.807, 2.05) is 0 Å². The Balaban J connectivity index is 3.28. The Morgan fingerprint density at radius 3 is 1.34 bits per heavy atom. The predicted octanol–water partition coefficient (Wildman–Crippen LogP) is 8.09. The average molecular weight is 497 g/mol. The van der Waals surface area contributed by atoms with Gasteiger partial charge in [0, 0.05) is 0 Å². The Kier molecular flexibility index (Phi) is 19.8. The molecule has 29 heavy (non-hydrogen) atoms. The van der Waals surface area contributed by atoms with E-state index in [9.17, 15) is 9.46 Å². The first-order valence-corrected chi connectivity index (χ1v) is 20.6. The molecule has 0 N–H and O–H groups in total. The molecule has 0 saturated heterocycles. The standard InChI is InChI=1S/C23H50AsO4P/c1-5-6-7-8-9-10-11-12-13-14-15-16-17-18-19-20-22-27-29(25,26)28-23-21-24(2,3)4/h5-23H2,1-4H3. The van der Waals surface area contributed by atoms with Crippen molar-refractivity contribution in [3.8, 4) is 0 Å². The fraction of sp³-hybridized carbons (Fsp3) is 1.00. The molecule has 0 aliphatic rings. The molecular weight excluding hydrogens is 446 g/mol. The minimum absolute atomic E-state index is 0.259. The van der Waals surface area contributed by atoms with Gasteiger partial charge in [-0.05, 0) is 0 Å². The molecule has 4 nitrogen and oxygen atoms in total. The molecule has 0 aromatic carbocycles. The first-order valence-electron chi connectivity index (χ1n) is 12.2. The van der Waals surface area contributed by atoms with Crippen LogP contribution in [0.3, 0.4) is 0 Å². The topological polar surface area (TPSA) is 58.6 Å². The van der Waals surface area contributed by atoms with Gasteiger partial charge in [0.15, 0.2) is 0 Å². The van der Waals surface area contributed by atoms with Crippen molar-refractivity contribution in [1.82, 2.24) is 0 Å². The molecule has 0 aromatic rings. The summed E-state index contributed by atoms with van der Waals surface area (Å²) in [6.07, 6.45) is 20.9. The van der Waals surface area contributed by atoms with Gasteiger partial charge in [-0.25, -0.2) is 0 Å². The molecule has 176 valence electrons.